The number of hydrogen-bond acceptors (Lipinski definition) is 8. The molecule has 5 rings (SSSR count). The van der Waals surface area contributed by atoms with Crippen molar-refractivity contribution in [1.29, 1.82) is 0 Å². The number of hydrogen-bond donors (Lipinski definition) is 1. The van der Waals surface area contributed by atoms with E-state index in [0.29, 0.717) is 41.1 Å². The lowest BCUT2D eigenvalue weighted by Gasteiger charge is -2.35. The normalized spacial score (nSPS) is 15.0. The van der Waals surface area contributed by atoms with Crippen molar-refractivity contribution in [2.45, 2.75) is 39.4 Å². The summed E-state index contributed by atoms with van der Waals surface area (Å²) in [5, 5.41) is 0.587. The van der Waals surface area contributed by atoms with Crippen molar-refractivity contribution in [3.05, 3.63) is 70.3 Å². The van der Waals surface area contributed by atoms with Gasteiger partial charge in [-0.1, -0.05) is 29.8 Å². The van der Waals surface area contributed by atoms with Crippen LogP contribution in [-0.4, -0.2) is 76.1 Å². The van der Waals surface area contributed by atoms with Crippen molar-refractivity contribution < 1.29 is 23.8 Å². The number of amides is 2. The number of primary amides is 1. The molecule has 1 fully saturated rings. The first-order valence-electron chi connectivity index (χ1n) is 14.1. The third kappa shape index (κ3) is 7.41. The fourth-order valence-corrected chi connectivity index (χ4v) is 6.06. The van der Waals surface area contributed by atoms with E-state index < -0.39 is 17.6 Å². The Morgan fingerprint density at radius 1 is 1.12 bits per heavy atom. The van der Waals surface area contributed by atoms with Crippen LogP contribution in [0.2, 0.25) is 5.02 Å². The van der Waals surface area contributed by atoms with Crippen LogP contribution in [0.3, 0.4) is 0 Å². The molecule has 0 radical (unpaired) electrons. The molecule has 0 spiro atoms. The number of rotatable bonds is 9. The van der Waals surface area contributed by atoms with Crippen LogP contribution in [0.15, 0.2) is 54.9 Å². The van der Waals surface area contributed by atoms with Gasteiger partial charge in [-0.15, -0.1) is 11.3 Å². The minimum absolute atomic E-state index is 0.268. The monoisotopic (exact) mass is 625 g/mol. The summed E-state index contributed by atoms with van der Waals surface area (Å²) in [7, 11) is 0. The van der Waals surface area contributed by atoms with Crippen molar-refractivity contribution in [3.8, 4) is 22.1 Å². The molecule has 2 N–H and O–H groups in total. The summed E-state index contributed by atoms with van der Waals surface area (Å²) in [5.74, 6) is 0.519. The number of piperazine rings is 1. The van der Waals surface area contributed by atoms with Crippen LogP contribution in [0.5, 0.6) is 11.5 Å². The molecule has 1 aliphatic rings. The molecule has 43 heavy (non-hydrogen) atoms. The van der Waals surface area contributed by atoms with Gasteiger partial charge >= 0.3 is 6.09 Å². The van der Waals surface area contributed by atoms with E-state index in [1.807, 2.05) is 74.7 Å². The summed E-state index contributed by atoms with van der Waals surface area (Å²) in [6.45, 7) is 11.5. The number of carbonyl (C=O) groups is 2. The van der Waals surface area contributed by atoms with Crippen LogP contribution in [0.1, 0.15) is 49.0 Å². The van der Waals surface area contributed by atoms with E-state index >= 15 is 0 Å². The second kappa shape index (κ2) is 12.8. The SMILES string of the molecule is CC(Oc1cc(-c2cnc3ccc(OCCN4CCN(C(=O)OC(C)(C)C)CC4)cn23)sc1C(N)=O)c1ccccc1Cl. The molecule has 4 aromatic rings. The number of imidazole rings is 1. The second-order valence-electron chi connectivity index (χ2n) is 11.3. The molecule has 1 atom stereocenters. The predicted octanol–water partition coefficient (Wildman–Crippen LogP) is 5.89. The first-order chi connectivity index (χ1) is 20.5. The van der Waals surface area contributed by atoms with Gasteiger partial charge < -0.3 is 24.8 Å². The lowest BCUT2D eigenvalue weighted by molar-refractivity contribution is 0.0137. The van der Waals surface area contributed by atoms with Gasteiger partial charge in [-0.3, -0.25) is 14.1 Å². The largest absolute Gasteiger partial charge is 0.491 e. The molecule has 228 valence electrons. The predicted molar refractivity (Wildman–Crippen MR) is 167 cm³/mol. The number of nitrogens with two attached hydrogens (primary N) is 1. The Bertz CT molecular complexity index is 1610. The molecule has 4 heterocycles. The molecule has 1 aromatic carbocycles. The lowest BCUT2D eigenvalue weighted by Crippen LogP contribution is -2.50. The van der Waals surface area contributed by atoms with E-state index in [1.165, 1.54) is 11.3 Å². The van der Waals surface area contributed by atoms with Crippen molar-refractivity contribution in [2.24, 2.45) is 5.73 Å². The van der Waals surface area contributed by atoms with Crippen molar-refractivity contribution >= 4 is 40.6 Å². The van der Waals surface area contributed by atoms with Crippen LogP contribution < -0.4 is 15.2 Å². The maximum absolute atomic E-state index is 12.3. The van der Waals surface area contributed by atoms with E-state index in [-0.39, 0.29) is 6.09 Å². The summed E-state index contributed by atoms with van der Waals surface area (Å²) >= 11 is 7.61. The third-order valence-corrected chi connectivity index (χ3v) is 8.50. The maximum Gasteiger partial charge on any atom is 0.410 e. The highest BCUT2D eigenvalue weighted by atomic mass is 35.5. The van der Waals surface area contributed by atoms with Crippen LogP contribution in [0, 0.1) is 0 Å². The fraction of sp³-hybridized carbons (Fsp3) is 0.387. The molecule has 12 heteroatoms. The van der Waals surface area contributed by atoms with Crippen LogP contribution in [-0.2, 0) is 4.74 Å². The first-order valence-corrected chi connectivity index (χ1v) is 15.3. The number of fused-ring (bicyclic) bond motifs is 1. The van der Waals surface area contributed by atoms with Gasteiger partial charge in [-0.2, -0.15) is 0 Å². The highest BCUT2D eigenvalue weighted by Crippen LogP contribution is 2.39. The zero-order valence-electron chi connectivity index (χ0n) is 24.7. The number of benzene rings is 1. The molecule has 1 aliphatic heterocycles. The number of aromatic nitrogens is 2. The van der Waals surface area contributed by atoms with E-state index in [9.17, 15) is 9.59 Å². The molecule has 0 aliphatic carbocycles. The van der Waals surface area contributed by atoms with Gasteiger partial charge in [0.1, 0.15) is 40.3 Å². The molecule has 0 bridgehead atoms. The molecule has 2 amide bonds. The Balaban J connectivity index is 1.24. The van der Waals surface area contributed by atoms with Gasteiger partial charge in [0, 0.05) is 49.4 Å². The van der Waals surface area contributed by atoms with E-state index in [1.54, 1.807) is 17.2 Å². The quantitative estimate of drug-likeness (QED) is 0.247. The molecule has 1 saturated heterocycles. The molecular formula is C31H36ClN5O5S. The molecule has 0 saturated carbocycles. The topological polar surface area (TPSA) is 112 Å². The molecular weight excluding hydrogens is 590 g/mol. The van der Waals surface area contributed by atoms with E-state index in [4.69, 9.17) is 31.5 Å². The minimum atomic E-state index is -0.567. The van der Waals surface area contributed by atoms with Gasteiger partial charge in [-0.05, 0) is 45.9 Å². The highest BCUT2D eigenvalue weighted by Gasteiger charge is 2.26. The van der Waals surface area contributed by atoms with Gasteiger partial charge in [0.2, 0.25) is 0 Å². The summed E-state index contributed by atoms with van der Waals surface area (Å²) < 4.78 is 19.7. The average molecular weight is 626 g/mol. The number of pyridine rings is 1. The fourth-order valence-electron chi connectivity index (χ4n) is 4.82. The van der Waals surface area contributed by atoms with Crippen molar-refractivity contribution in [2.75, 3.05) is 39.3 Å². The lowest BCUT2D eigenvalue weighted by atomic mass is 10.1. The van der Waals surface area contributed by atoms with Crippen LogP contribution in [0.4, 0.5) is 4.79 Å². The Morgan fingerprint density at radius 3 is 2.56 bits per heavy atom. The van der Waals surface area contributed by atoms with Crippen LogP contribution in [0.25, 0.3) is 16.2 Å². The highest BCUT2D eigenvalue weighted by molar-refractivity contribution is 7.17. The summed E-state index contributed by atoms with van der Waals surface area (Å²) in [4.78, 5) is 34.3. The van der Waals surface area contributed by atoms with Gasteiger partial charge in [0.25, 0.3) is 5.91 Å². The Morgan fingerprint density at radius 2 is 1.86 bits per heavy atom. The van der Waals surface area contributed by atoms with Crippen LogP contribution >= 0.6 is 22.9 Å². The first kappa shape index (κ1) is 30.7. The Hall–Kier alpha value is -3.80. The standard InChI is InChI=1S/C31H36ClN5O5S/c1-20(22-7-5-6-8-23(22)32)41-25-17-26(43-28(25)29(33)38)24-18-34-27-10-9-21(19-37(24)27)40-16-15-35-11-13-36(14-12-35)30(39)42-31(2,3)4/h5-10,17-20H,11-16H2,1-4H3,(H2,33,38). The zero-order chi connectivity index (χ0) is 30.7. The number of ether oxygens (including phenoxy) is 3. The maximum atomic E-state index is 12.3. The van der Waals surface area contributed by atoms with Gasteiger partial charge in [0.05, 0.1) is 23.0 Å². The summed E-state index contributed by atoms with van der Waals surface area (Å²) in [5.41, 5.74) is 7.55. The molecule has 10 nitrogen and oxygen atoms in total. The third-order valence-electron chi connectivity index (χ3n) is 7.00. The van der Waals surface area contributed by atoms with Crippen molar-refractivity contribution in [3.63, 3.8) is 0 Å². The van der Waals surface area contributed by atoms with Gasteiger partial charge in [0.15, 0.2) is 0 Å². The Labute approximate surface area is 259 Å². The molecule has 1 unspecified atom stereocenters. The summed E-state index contributed by atoms with van der Waals surface area (Å²) in [6.07, 6.45) is 2.97. The van der Waals surface area contributed by atoms with Gasteiger partial charge in [-0.25, -0.2) is 9.78 Å². The number of carbonyl (C=O) groups excluding carboxylic acids is 2. The molecule has 3 aromatic heterocycles. The number of thiophene rings is 1. The second-order valence-corrected chi connectivity index (χ2v) is 12.8. The number of nitrogens with zero attached hydrogens (tertiary/aromatic N) is 4. The smallest absolute Gasteiger partial charge is 0.410 e. The minimum Gasteiger partial charge on any atom is -0.491 e. The number of halogens is 1. The van der Waals surface area contributed by atoms with Crippen molar-refractivity contribution in [1.82, 2.24) is 19.2 Å². The van der Waals surface area contributed by atoms with E-state index in [2.05, 4.69) is 9.88 Å². The average Bonchev–Trinajstić information content (AvgIpc) is 3.56. The summed E-state index contributed by atoms with van der Waals surface area (Å²) in [6, 6.07) is 13.0. The zero-order valence-corrected chi connectivity index (χ0v) is 26.3. The Kier molecular flexibility index (Phi) is 9.14. The van der Waals surface area contributed by atoms with E-state index in [0.717, 1.165) is 41.4 Å².